The van der Waals surface area contributed by atoms with Crippen molar-refractivity contribution in [3.05, 3.63) is 65.7 Å². The van der Waals surface area contributed by atoms with E-state index in [1.54, 1.807) is 24.3 Å². The number of carbonyl (C=O) groups is 2. The molecule has 0 heterocycles. The highest BCUT2D eigenvalue weighted by Gasteiger charge is 2.12. The lowest BCUT2D eigenvalue weighted by atomic mass is 10.2. The Morgan fingerprint density at radius 3 is 2.38 bits per heavy atom. The summed E-state index contributed by atoms with van der Waals surface area (Å²) in [7, 11) is 0. The predicted molar refractivity (Wildman–Crippen MR) is 77.2 cm³/mol. The Labute approximate surface area is 122 Å². The van der Waals surface area contributed by atoms with Gasteiger partial charge in [0, 0.05) is 0 Å². The van der Waals surface area contributed by atoms with Gasteiger partial charge in [-0.3, -0.25) is 9.59 Å². The van der Waals surface area contributed by atoms with Crippen LogP contribution >= 0.6 is 0 Å². The van der Waals surface area contributed by atoms with Gasteiger partial charge in [-0.15, -0.1) is 0 Å². The first kappa shape index (κ1) is 14.6. The summed E-state index contributed by atoms with van der Waals surface area (Å²) >= 11 is 0. The predicted octanol–water partition coefficient (Wildman–Crippen LogP) is 2.08. The second-order valence-electron chi connectivity index (χ2n) is 4.35. The quantitative estimate of drug-likeness (QED) is 0.852. The molecule has 108 valence electrons. The van der Waals surface area contributed by atoms with Gasteiger partial charge in [-0.2, -0.15) is 0 Å². The van der Waals surface area contributed by atoms with Gasteiger partial charge < -0.3 is 15.2 Å². The fourth-order valence-electron chi connectivity index (χ4n) is 1.77. The third-order valence-corrected chi connectivity index (χ3v) is 2.77. The zero-order valence-corrected chi connectivity index (χ0v) is 11.3. The number of para-hydroxylation sites is 1. The third kappa shape index (κ3) is 4.35. The summed E-state index contributed by atoms with van der Waals surface area (Å²) in [5.74, 6) is -1.14. The molecule has 0 atom stereocenters. The number of ether oxygens (including phenoxy) is 1. The van der Waals surface area contributed by atoms with Gasteiger partial charge in [0.15, 0.2) is 0 Å². The molecule has 0 aromatic heterocycles. The summed E-state index contributed by atoms with van der Waals surface area (Å²) in [6.07, 6.45) is 0. The van der Waals surface area contributed by atoms with Gasteiger partial charge in [0.25, 0.3) is 5.91 Å². The van der Waals surface area contributed by atoms with Crippen LogP contribution in [-0.2, 0) is 11.4 Å². The molecule has 0 unspecified atom stereocenters. The average molecular weight is 285 g/mol. The van der Waals surface area contributed by atoms with Crippen LogP contribution in [0.1, 0.15) is 15.9 Å². The van der Waals surface area contributed by atoms with Crippen molar-refractivity contribution in [3.8, 4) is 5.75 Å². The Kier molecular flexibility index (Phi) is 4.93. The van der Waals surface area contributed by atoms with Crippen molar-refractivity contribution >= 4 is 11.9 Å². The SMILES string of the molecule is O=C(O)CNC(=O)c1ccccc1OCc1ccccc1. The zero-order chi connectivity index (χ0) is 15.1. The normalized spacial score (nSPS) is 9.90. The van der Waals surface area contributed by atoms with Crippen molar-refractivity contribution in [2.45, 2.75) is 6.61 Å². The van der Waals surface area contributed by atoms with E-state index in [0.717, 1.165) is 5.56 Å². The first-order valence-electron chi connectivity index (χ1n) is 6.42. The van der Waals surface area contributed by atoms with Crippen molar-refractivity contribution in [3.63, 3.8) is 0 Å². The van der Waals surface area contributed by atoms with E-state index >= 15 is 0 Å². The molecule has 2 aromatic rings. The highest BCUT2D eigenvalue weighted by atomic mass is 16.5. The van der Waals surface area contributed by atoms with Gasteiger partial charge in [-0.05, 0) is 17.7 Å². The van der Waals surface area contributed by atoms with Crippen LogP contribution in [0.4, 0.5) is 0 Å². The van der Waals surface area contributed by atoms with Crippen molar-refractivity contribution in [2.24, 2.45) is 0 Å². The number of hydrogen-bond acceptors (Lipinski definition) is 3. The highest BCUT2D eigenvalue weighted by molar-refractivity contribution is 5.98. The number of benzene rings is 2. The molecule has 2 rings (SSSR count). The molecule has 0 aliphatic rings. The monoisotopic (exact) mass is 285 g/mol. The topological polar surface area (TPSA) is 75.6 Å². The van der Waals surface area contributed by atoms with Gasteiger partial charge >= 0.3 is 5.97 Å². The minimum atomic E-state index is -1.09. The standard InChI is InChI=1S/C16H15NO4/c18-15(19)10-17-16(20)13-8-4-5-9-14(13)21-11-12-6-2-1-3-7-12/h1-9H,10-11H2,(H,17,20)(H,18,19). The molecular weight excluding hydrogens is 270 g/mol. The summed E-state index contributed by atoms with van der Waals surface area (Å²) in [6.45, 7) is -0.0874. The number of carboxylic acid groups (broad SMARTS) is 1. The Balaban J connectivity index is 2.06. The lowest BCUT2D eigenvalue weighted by Crippen LogP contribution is -2.29. The number of amides is 1. The number of nitrogens with one attached hydrogen (secondary N) is 1. The highest BCUT2D eigenvalue weighted by Crippen LogP contribution is 2.19. The number of carboxylic acids is 1. The van der Waals surface area contributed by atoms with E-state index in [-0.39, 0.29) is 0 Å². The summed E-state index contributed by atoms with van der Waals surface area (Å²) < 4.78 is 5.64. The number of hydrogen-bond donors (Lipinski definition) is 2. The van der Waals surface area contributed by atoms with Crippen LogP contribution < -0.4 is 10.1 Å². The van der Waals surface area contributed by atoms with Gasteiger partial charge in [0.1, 0.15) is 18.9 Å². The summed E-state index contributed by atoms with van der Waals surface area (Å²) in [4.78, 5) is 22.4. The molecule has 0 spiro atoms. The van der Waals surface area contributed by atoms with E-state index in [9.17, 15) is 9.59 Å². The summed E-state index contributed by atoms with van der Waals surface area (Å²) in [5, 5.41) is 10.9. The Bertz CT molecular complexity index is 625. The largest absolute Gasteiger partial charge is 0.488 e. The van der Waals surface area contributed by atoms with Crippen LogP contribution in [0.15, 0.2) is 54.6 Å². The molecule has 0 aliphatic carbocycles. The molecule has 0 bridgehead atoms. The second-order valence-corrected chi connectivity index (χ2v) is 4.35. The van der Waals surface area contributed by atoms with E-state index in [1.807, 2.05) is 30.3 Å². The van der Waals surface area contributed by atoms with Gasteiger partial charge in [0.2, 0.25) is 0 Å². The minimum absolute atomic E-state index is 0.315. The van der Waals surface area contributed by atoms with E-state index in [2.05, 4.69) is 5.32 Å². The Morgan fingerprint density at radius 2 is 1.67 bits per heavy atom. The van der Waals surface area contributed by atoms with Crippen molar-refractivity contribution in [1.29, 1.82) is 0 Å². The van der Waals surface area contributed by atoms with Crippen LogP contribution in [0.2, 0.25) is 0 Å². The molecule has 0 saturated carbocycles. The molecule has 2 N–H and O–H groups in total. The number of aliphatic carboxylic acids is 1. The van der Waals surface area contributed by atoms with Crippen molar-refractivity contribution < 1.29 is 19.4 Å². The molecule has 0 saturated heterocycles. The van der Waals surface area contributed by atoms with Gasteiger partial charge in [-0.1, -0.05) is 42.5 Å². The average Bonchev–Trinajstić information content (AvgIpc) is 2.52. The molecule has 5 nitrogen and oxygen atoms in total. The Morgan fingerprint density at radius 1 is 1.00 bits per heavy atom. The van der Waals surface area contributed by atoms with Crippen molar-refractivity contribution in [1.82, 2.24) is 5.32 Å². The maximum absolute atomic E-state index is 11.9. The van der Waals surface area contributed by atoms with Crippen LogP contribution in [0.5, 0.6) is 5.75 Å². The molecule has 2 aromatic carbocycles. The Hall–Kier alpha value is -2.82. The van der Waals surface area contributed by atoms with Crippen LogP contribution in [0, 0.1) is 0 Å². The number of rotatable bonds is 6. The lowest BCUT2D eigenvalue weighted by Gasteiger charge is -2.11. The first-order chi connectivity index (χ1) is 10.2. The second kappa shape index (κ2) is 7.09. The van der Waals surface area contributed by atoms with Gasteiger partial charge in [0.05, 0.1) is 5.56 Å². The van der Waals surface area contributed by atoms with Crippen LogP contribution in [0.3, 0.4) is 0 Å². The maximum Gasteiger partial charge on any atom is 0.322 e. The van der Waals surface area contributed by atoms with E-state index in [0.29, 0.717) is 17.9 Å². The van der Waals surface area contributed by atoms with Gasteiger partial charge in [-0.25, -0.2) is 0 Å². The van der Waals surface area contributed by atoms with E-state index < -0.39 is 18.4 Å². The summed E-state index contributed by atoms with van der Waals surface area (Å²) in [6, 6.07) is 16.3. The lowest BCUT2D eigenvalue weighted by molar-refractivity contribution is -0.135. The molecule has 1 amide bonds. The van der Waals surface area contributed by atoms with Crippen LogP contribution in [0.25, 0.3) is 0 Å². The summed E-state index contributed by atoms with van der Waals surface area (Å²) in [5.41, 5.74) is 1.30. The van der Waals surface area contributed by atoms with E-state index in [1.165, 1.54) is 0 Å². The smallest absolute Gasteiger partial charge is 0.322 e. The number of carbonyl (C=O) groups excluding carboxylic acids is 1. The first-order valence-corrected chi connectivity index (χ1v) is 6.42. The zero-order valence-electron chi connectivity index (χ0n) is 11.3. The molecule has 0 aliphatic heterocycles. The molecule has 5 heteroatoms. The molecule has 0 radical (unpaired) electrons. The molecular formula is C16H15NO4. The van der Waals surface area contributed by atoms with E-state index in [4.69, 9.17) is 9.84 Å². The fraction of sp³-hybridized carbons (Fsp3) is 0.125. The fourth-order valence-corrected chi connectivity index (χ4v) is 1.77. The maximum atomic E-state index is 11.9. The minimum Gasteiger partial charge on any atom is -0.488 e. The third-order valence-electron chi connectivity index (χ3n) is 2.77. The molecule has 21 heavy (non-hydrogen) atoms. The van der Waals surface area contributed by atoms with Crippen molar-refractivity contribution in [2.75, 3.05) is 6.54 Å². The molecule has 0 fully saturated rings. The van der Waals surface area contributed by atoms with Crippen LogP contribution in [-0.4, -0.2) is 23.5 Å².